The minimum absolute atomic E-state index is 0.0356. The van der Waals surface area contributed by atoms with Gasteiger partial charge in [0.2, 0.25) is 0 Å². The van der Waals surface area contributed by atoms with Crippen LogP contribution in [0.2, 0.25) is 0 Å². The molecular formula is C12H20N2O4. The molecule has 1 saturated heterocycles. The van der Waals surface area contributed by atoms with E-state index in [0.717, 1.165) is 0 Å². The van der Waals surface area contributed by atoms with Crippen LogP contribution in [-0.4, -0.2) is 42.4 Å². The molecule has 0 spiro atoms. The van der Waals surface area contributed by atoms with Gasteiger partial charge in [-0.15, -0.1) is 0 Å². The molecule has 2 fully saturated rings. The SMILES string of the molecule is CC(CNC(=O)NC1(C(=O)O)CCOC1)C1CC1. The number of aliphatic carboxylic acids is 1. The maximum absolute atomic E-state index is 11.7. The number of carboxylic acids is 1. The predicted molar refractivity (Wildman–Crippen MR) is 64.2 cm³/mol. The summed E-state index contributed by atoms with van der Waals surface area (Å²) in [6.45, 7) is 3.09. The first-order valence-corrected chi connectivity index (χ1v) is 6.41. The van der Waals surface area contributed by atoms with Crippen LogP contribution in [0.3, 0.4) is 0 Å². The van der Waals surface area contributed by atoms with Gasteiger partial charge in [-0.25, -0.2) is 9.59 Å². The number of carbonyl (C=O) groups is 2. The molecule has 6 nitrogen and oxygen atoms in total. The van der Waals surface area contributed by atoms with Crippen LogP contribution in [0, 0.1) is 11.8 Å². The van der Waals surface area contributed by atoms with Gasteiger partial charge >= 0.3 is 12.0 Å². The molecule has 18 heavy (non-hydrogen) atoms. The summed E-state index contributed by atoms with van der Waals surface area (Å²) in [6, 6.07) is -0.421. The fraction of sp³-hybridized carbons (Fsp3) is 0.833. The summed E-state index contributed by atoms with van der Waals surface area (Å²) in [5.74, 6) is 0.135. The second-order valence-corrected chi connectivity index (χ2v) is 5.34. The van der Waals surface area contributed by atoms with Crippen LogP contribution in [0.1, 0.15) is 26.2 Å². The number of carbonyl (C=O) groups excluding carboxylic acids is 1. The van der Waals surface area contributed by atoms with Crippen LogP contribution in [0.25, 0.3) is 0 Å². The molecule has 0 radical (unpaired) electrons. The Labute approximate surface area is 106 Å². The second kappa shape index (κ2) is 5.14. The van der Waals surface area contributed by atoms with Crippen molar-refractivity contribution in [2.75, 3.05) is 19.8 Å². The Bertz CT molecular complexity index is 335. The average Bonchev–Trinajstić information content (AvgIpc) is 3.07. The van der Waals surface area contributed by atoms with Crippen molar-refractivity contribution < 1.29 is 19.4 Å². The summed E-state index contributed by atoms with van der Waals surface area (Å²) in [6.07, 6.45) is 2.78. The van der Waals surface area contributed by atoms with Crippen LogP contribution < -0.4 is 10.6 Å². The normalized spacial score (nSPS) is 28.7. The summed E-state index contributed by atoms with van der Waals surface area (Å²) in [7, 11) is 0. The Kier molecular flexibility index (Phi) is 3.75. The highest BCUT2D eigenvalue weighted by Crippen LogP contribution is 2.36. The maximum Gasteiger partial charge on any atom is 0.332 e. The first-order chi connectivity index (χ1) is 8.53. The van der Waals surface area contributed by atoms with Crippen LogP contribution in [0.15, 0.2) is 0 Å². The van der Waals surface area contributed by atoms with Crippen molar-refractivity contribution in [2.24, 2.45) is 11.8 Å². The molecule has 1 aliphatic heterocycles. The Morgan fingerprint density at radius 2 is 2.22 bits per heavy atom. The molecule has 0 bridgehead atoms. The third kappa shape index (κ3) is 2.93. The number of nitrogens with one attached hydrogen (secondary N) is 2. The van der Waals surface area contributed by atoms with E-state index in [1.54, 1.807) is 0 Å². The highest BCUT2D eigenvalue weighted by molar-refractivity contribution is 5.86. The van der Waals surface area contributed by atoms with E-state index in [1.165, 1.54) is 12.8 Å². The summed E-state index contributed by atoms with van der Waals surface area (Å²) in [4.78, 5) is 22.9. The van der Waals surface area contributed by atoms with Crippen LogP contribution in [-0.2, 0) is 9.53 Å². The van der Waals surface area contributed by atoms with E-state index in [0.29, 0.717) is 31.4 Å². The minimum atomic E-state index is -1.26. The first-order valence-electron chi connectivity index (χ1n) is 6.41. The van der Waals surface area contributed by atoms with E-state index >= 15 is 0 Å². The highest BCUT2D eigenvalue weighted by atomic mass is 16.5. The monoisotopic (exact) mass is 256 g/mol. The van der Waals surface area contributed by atoms with E-state index < -0.39 is 17.5 Å². The molecule has 2 atom stereocenters. The molecule has 2 unspecified atom stereocenters. The summed E-state index contributed by atoms with van der Waals surface area (Å²) < 4.78 is 5.07. The number of carboxylic acid groups (broad SMARTS) is 1. The van der Waals surface area contributed by atoms with E-state index in [-0.39, 0.29) is 6.61 Å². The van der Waals surface area contributed by atoms with Crippen molar-refractivity contribution in [3.05, 3.63) is 0 Å². The molecule has 1 aliphatic carbocycles. The lowest BCUT2D eigenvalue weighted by Crippen LogP contribution is -2.58. The summed E-state index contributed by atoms with van der Waals surface area (Å²) >= 11 is 0. The van der Waals surface area contributed by atoms with Gasteiger partial charge in [-0.1, -0.05) is 6.92 Å². The van der Waals surface area contributed by atoms with Crippen molar-refractivity contribution in [2.45, 2.75) is 31.7 Å². The summed E-state index contributed by atoms with van der Waals surface area (Å²) in [5, 5.41) is 14.4. The molecule has 6 heteroatoms. The topological polar surface area (TPSA) is 87.7 Å². The molecule has 0 aromatic heterocycles. The lowest BCUT2D eigenvalue weighted by molar-refractivity contribution is -0.144. The van der Waals surface area contributed by atoms with Crippen LogP contribution in [0.5, 0.6) is 0 Å². The number of amides is 2. The number of hydrogen-bond donors (Lipinski definition) is 3. The van der Waals surface area contributed by atoms with Gasteiger partial charge in [-0.2, -0.15) is 0 Å². The Morgan fingerprint density at radius 3 is 2.72 bits per heavy atom. The van der Waals surface area contributed by atoms with Gasteiger partial charge in [-0.05, 0) is 24.7 Å². The average molecular weight is 256 g/mol. The molecule has 3 N–H and O–H groups in total. The highest BCUT2D eigenvalue weighted by Gasteiger charge is 2.44. The largest absolute Gasteiger partial charge is 0.479 e. The van der Waals surface area contributed by atoms with Crippen molar-refractivity contribution >= 4 is 12.0 Å². The van der Waals surface area contributed by atoms with Crippen molar-refractivity contribution in [1.29, 1.82) is 0 Å². The molecule has 0 aromatic rings. The van der Waals surface area contributed by atoms with Gasteiger partial charge in [0.05, 0.1) is 6.61 Å². The van der Waals surface area contributed by atoms with Gasteiger partial charge in [0.1, 0.15) is 0 Å². The maximum atomic E-state index is 11.7. The zero-order valence-electron chi connectivity index (χ0n) is 10.6. The fourth-order valence-corrected chi connectivity index (χ4v) is 2.23. The lowest BCUT2D eigenvalue weighted by atomic mass is 9.99. The van der Waals surface area contributed by atoms with E-state index in [9.17, 15) is 9.59 Å². The second-order valence-electron chi connectivity index (χ2n) is 5.34. The van der Waals surface area contributed by atoms with Crippen LogP contribution in [0.4, 0.5) is 4.79 Å². The molecule has 1 heterocycles. The molecule has 0 aromatic carbocycles. The van der Waals surface area contributed by atoms with E-state index in [1.807, 2.05) is 0 Å². The Morgan fingerprint density at radius 1 is 1.50 bits per heavy atom. The Hall–Kier alpha value is -1.30. The molecule has 2 rings (SSSR count). The third-order valence-corrected chi connectivity index (χ3v) is 3.80. The molecule has 102 valence electrons. The van der Waals surface area contributed by atoms with Gasteiger partial charge in [0.15, 0.2) is 5.54 Å². The van der Waals surface area contributed by atoms with Crippen LogP contribution >= 0.6 is 0 Å². The predicted octanol–water partition coefficient (Wildman–Crippen LogP) is 0.575. The standard InChI is InChI=1S/C12H20N2O4/c1-8(9-2-3-9)6-13-11(17)14-12(10(15)16)4-5-18-7-12/h8-9H,2-7H2,1H3,(H,15,16)(H2,13,14,17). The number of rotatable bonds is 5. The van der Waals surface area contributed by atoms with Gasteiger partial charge in [0.25, 0.3) is 0 Å². The van der Waals surface area contributed by atoms with E-state index in [2.05, 4.69) is 17.6 Å². The summed E-state index contributed by atoms with van der Waals surface area (Å²) in [5.41, 5.74) is -1.26. The van der Waals surface area contributed by atoms with Crippen molar-refractivity contribution in [3.8, 4) is 0 Å². The lowest BCUT2D eigenvalue weighted by Gasteiger charge is -2.24. The Balaban J connectivity index is 1.79. The van der Waals surface area contributed by atoms with Crippen molar-refractivity contribution in [3.63, 3.8) is 0 Å². The van der Waals surface area contributed by atoms with Gasteiger partial charge < -0.3 is 20.5 Å². The molecule has 2 amide bonds. The zero-order valence-corrected chi connectivity index (χ0v) is 10.6. The third-order valence-electron chi connectivity index (χ3n) is 3.80. The zero-order chi connectivity index (χ0) is 13.2. The minimum Gasteiger partial charge on any atom is -0.479 e. The molecular weight excluding hydrogens is 236 g/mol. The molecule has 2 aliphatic rings. The van der Waals surface area contributed by atoms with Crippen molar-refractivity contribution in [1.82, 2.24) is 10.6 Å². The fourth-order valence-electron chi connectivity index (χ4n) is 2.23. The quantitative estimate of drug-likeness (QED) is 0.671. The van der Waals surface area contributed by atoms with E-state index in [4.69, 9.17) is 9.84 Å². The van der Waals surface area contributed by atoms with Gasteiger partial charge in [0, 0.05) is 19.6 Å². The number of ether oxygens (including phenoxy) is 1. The smallest absolute Gasteiger partial charge is 0.332 e. The van der Waals surface area contributed by atoms with Gasteiger partial charge in [-0.3, -0.25) is 0 Å². The first kappa shape index (κ1) is 13.1. The number of hydrogen-bond acceptors (Lipinski definition) is 3. The number of urea groups is 1. The molecule has 1 saturated carbocycles.